The highest BCUT2D eigenvalue weighted by molar-refractivity contribution is 6.31. The zero-order valence-corrected chi connectivity index (χ0v) is 14.0. The van der Waals surface area contributed by atoms with Crippen LogP contribution in [-0.4, -0.2) is 24.1 Å². The van der Waals surface area contributed by atoms with Crippen molar-refractivity contribution in [2.24, 2.45) is 10.7 Å². The molecule has 122 valence electrons. The molecule has 0 fully saturated rings. The van der Waals surface area contributed by atoms with Crippen molar-refractivity contribution in [1.82, 2.24) is 4.98 Å². The largest absolute Gasteiger partial charge is 0.475 e. The monoisotopic (exact) mass is 332 g/mol. The molecular weight excluding hydrogens is 312 g/mol. The predicted molar refractivity (Wildman–Crippen MR) is 95.4 cm³/mol. The van der Waals surface area contributed by atoms with Crippen LogP contribution >= 0.6 is 11.6 Å². The number of hydrogen-bond donors (Lipinski definition) is 2. The lowest BCUT2D eigenvalue weighted by Crippen LogP contribution is -2.23. The van der Waals surface area contributed by atoms with E-state index in [0.29, 0.717) is 35.9 Å². The number of ether oxygens (including phenoxy) is 1. The minimum atomic E-state index is 0.349. The normalized spacial score (nSPS) is 11.6. The van der Waals surface area contributed by atoms with Gasteiger partial charge in [-0.1, -0.05) is 37.6 Å². The van der Waals surface area contributed by atoms with E-state index in [9.17, 15) is 0 Å². The van der Waals surface area contributed by atoms with E-state index < -0.39 is 0 Å². The number of pyridine rings is 1. The zero-order chi connectivity index (χ0) is 16.7. The van der Waals surface area contributed by atoms with Gasteiger partial charge in [0.05, 0.1) is 6.54 Å². The van der Waals surface area contributed by atoms with Gasteiger partial charge in [0.2, 0.25) is 5.88 Å². The third-order valence-electron chi connectivity index (χ3n) is 3.16. The molecule has 23 heavy (non-hydrogen) atoms. The minimum absolute atomic E-state index is 0.349. The molecule has 1 aromatic heterocycles. The van der Waals surface area contributed by atoms with Crippen LogP contribution in [0.2, 0.25) is 5.02 Å². The van der Waals surface area contributed by atoms with Crippen molar-refractivity contribution in [3.8, 4) is 5.88 Å². The quantitative estimate of drug-likeness (QED) is 0.481. The zero-order valence-electron chi connectivity index (χ0n) is 13.3. The summed E-state index contributed by atoms with van der Waals surface area (Å²) in [4.78, 5) is 8.27. The molecule has 3 N–H and O–H groups in total. The van der Waals surface area contributed by atoms with Gasteiger partial charge in [-0.05, 0) is 35.7 Å². The van der Waals surface area contributed by atoms with Gasteiger partial charge in [-0.25, -0.2) is 9.98 Å². The number of aromatic nitrogens is 1. The lowest BCUT2D eigenvalue weighted by atomic mass is 10.0. The first kappa shape index (κ1) is 17.1. The SMILES string of the molecule is CC(C)c1cccc(NC(N)=NCCOc2ncccc2Cl)c1. The van der Waals surface area contributed by atoms with Gasteiger partial charge in [0, 0.05) is 11.9 Å². The molecule has 0 aliphatic rings. The van der Waals surface area contributed by atoms with Crippen molar-refractivity contribution in [3.63, 3.8) is 0 Å². The fourth-order valence-corrected chi connectivity index (χ4v) is 2.12. The first-order chi connectivity index (χ1) is 11.1. The van der Waals surface area contributed by atoms with E-state index in [1.54, 1.807) is 18.3 Å². The van der Waals surface area contributed by atoms with Crippen LogP contribution in [-0.2, 0) is 0 Å². The number of nitrogens with zero attached hydrogens (tertiary/aromatic N) is 2. The fraction of sp³-hybridized carbons (Fsp3) is 0.294. The number of hydrogen-bond acceptors (Lipinski definition) is 3. The molecule has 1 heterocycles. The van der Waals surface area contributed by atoms with Gasteiger partial charge >= 0.3 is 0 Å². The number of anilines is 1. The van der Waals surface area contributed by atoms with Crippen LogP contribution in [0, 0.1) is 0 Å². The molecule has 0 aliphatic carbocycles. The van der Waals surface area contributed by atoms with Crippen LogP contribution in [0.15, 0.2) is 47.6 Å². The topological polar surface area (TPSA) is 72.5 Å². The first-order valence-corrected chi connectivity index (χ1v) is 7.84. The number of rotatable bonds is 6. The second kappa shape index (κ2) is 8.39. The lowest BCUT2D eigenvalue weighted by molar-refractivity contribution is 0.316. The number of aliphatic imine (C=N–C) groups is 1. The first-order valence-electron chi connectivity index (χ1n) is 7.46. The summed E-state index contributed by atoms with van der Waals surface area (Å²) in [6, 6.07) is 11.6. The van der Waals surface area contributed by atoms with Gasteiger partial charge in [-0.15, -0.1) is 0 Å². The maximum absolute atomic E-state index is 5.95. The van der Waals surface area contributed by atoms with Crippen molar-refractivity contribution >= 4 is 23.2 Å². The third kappa shape index (κ3) is 5.45. The van der Waals surface area contributed by atoms with E-state index in [1.807, 2.05) is 12.1 Å². The lowest BCUT2D eigenvalue weighted by Gasteiger charge is -2.10. The van der Waals surface area contributed by atoms with Crippen molar-refractivity contribution in [1.29, 1.82) is 0 Å². The van der Waals surface area contributed by atoms with Crippen LogP contribution in [0.4, 0.5) is 5.69 Å². The molecule has 0 spiro atoms. The smallest absolute Gasteiger partial charge is 0.232 e. The summed E-state index contributed by atoms with van der Waals surface area (Å²) >= 11 is 5.95. The van der Waals surface area contributed by atoms with Crippen molar-refractivity contribution in [3.05, 3.63) is 53.2 Å². The summed E-state index contributed by atoms with van der Waals surface area (Å²) in [7, 11) is 0. The van der Waals surface area contributed by atoms with Gasteiger partial charge in [-0.2, -0.15) is 0 Å². The van der Waals surface area contributed by atoms with Crippen LogP contribution in [0.1, 0.15) is 25.3 Å². The Balaban J connectivity index is 1.84. The van der Waals surface area contributed by atoms with Crippen LogP contribution in [0.5, 0.6) is 5.88 Å². The summed E-state index contributed by atoms with van der Waals surface area (Å²) in [6.07, 6.45) is 1.63. The molecule has 0 bridgehead atoms. The fourth-order valence-electron chi connectivity index (χ4n) is 1.95. The molecule has 0 atom stereocenters. The van der Waals surface area contributed by atoms with Gasteiger partial charge < -0.3 is 15.8 Å². The number of benzene rings is 1. The molecule has 1 aromatic carbocycles. The van der Waals surface area contributed by atoms with E-state index in [2.05, 4.69) is 41.3 Å². The highest BCUT2D eigenvalue weighted by Gasteiger charge is 2.02. The maximum Gasteiger partial charge on any atom is 0.232 e. The molecule has 5 nitrogen and oxygen atoms in total. The summed E-state index contributed by atoms with van der Waals surface area (Å²) in [5, 5.41) is 3.56. The Morgan fingerprint density at radius 1 is 1.35 bits per heavy atom. The number of halogens is 1. The molecule has 0 aliphatic heterocycles. The van der Waals surface area contributed by atoms with E-state index >= 15 is 0 Å². The minimum Gasteiger partial charge on any atom is -0.475 e. The molecule has 2 rings (SSSR count). The Morgan fingerprint density at radius 2 is 2.17 bits per heavy atom. The van der Waals surface area contributed by atoms with E-state index in [0.717, 1.165) is 5.69 Å². The van der Waals surface area contributed by atoms with Crippen LogP contribution < -0.4 is 15.8 Å². The van der Waals surface area contributed by atoms with E-state index in [1.165, 1.54) is 5.56 Å². The Hall–Kier alpha value is -2.27. The van der Waals surface area contributed by atoms with Crippen LogP contribution in [0.25, 0.3) is 0 Å². The average molecular weight is 333 g/mol. The third-order valence-corrected chi connectivity index (χ3v) is 3.45. The Labute approximate surface area is 141 Å². The molecule has 0 radical (unpaired) electrons. The van der Waals surface area contributed by atoms with Gasteiger partial charge in [0.15, 0.2) is 5.96 Å². The van der Waals surface area contributed by atoms with E-state index in [4.69, 9.17) is 22.1 Å². The standard InChI is InChI=1S/C17H21ClN4O/c1-12(2)13-5-3-6-14(11-13)22-17(19)21-9-10-23-16-15(18)7-4-8-20-16/h3-8,11-12H,9-10H2,1-2H3,(H3,19,21,22). The molecule has 6 heteroatoms. The Morgan fingerprint density at radius 3 is 2.91 bits per heavy atom. The van der Waals surface area contributed by atoms with Gasteiger partial charge in [0.25, 0.3) is 0 Å². The summed E-state index contributed by atoms with van der Waals surface area (Å²) in [5.74, 6) is 1.22. The number of guanidine groups is 1. The summed E-state index contributed by atoms with van der Waals surface area (Å²) in [6.45, 7) is 5.06. The summed E-state index contributed by atoms with van der Waals surface area (Å²) in [5.41, 5.74) is 8.05. The molecule has 2 aromatic rings. The molecule has 0 saturated heterocycles. The predicted octanol–water partition coefficient (Wildman–Crippen LogP) is 3.66. The van der Waals surface area contributed by atoms with Crippen molar-refractivity contribution in [2.45, 2.75) is 19.8 Å². The average Bonchev–Trinajstić information content (AvgIpc) is 2.53. The van der Waals surface area contributed by atoms with E-state index in [-0.39, 0.29) is 0 Å². The molecular formula is C17H21ClN4O. The van der Waals surface area contributed by atoms with Crippen molar-refractivity contribution in [2.75, 3.05) is 18.5 Å². The molecule has 0 unspecified atom stereocenters. The highest BCUT2D eigenvalue weighted by atomic mass is 35.5. The Kier molecular flexibility index (Phi) is 6.23. The second-order valence-electron chi connectivity index (χ2n) is 5.31. The number of nitrogens with one attached hydrogen (secondary N) is 1. The maximum atomic E-state index is 5.95. The van der Waals surface area contributed by atoms with Crippen molar-refractivity contribution < 1.29 is 4.74 Å². The van der Waals surface area contributed by atoms with Gasteiger partial charge in [0.1, 0.15) is 11.6 Å². The molecule has 0 saturated carbocycles. The van der Waals surface area contributed by atoms with Gasteiger partial charge in [-0.3, -0.25) is 0 Å². The highest BCUT2D eigenvalue weighted by Crippen LogP contribution is 2.20. The molecule has 0 amide bonds. The summed E-state index contributed by atoms with van der Waals surface area (Å²) < 4.78 is 5.45. The second-order valence-corrected chi connectivity index (χ2v) is 5.72. The van der Waals surface area contributed by atoms with Crippen LogP contribution in [0.3, 0.4) is 0 Å². The number of nitrogens with two attached hydrogens (primary N) is 1. The Bertz CT molecular complexity index is 673.